The van der Waals surface area contributed by atoms with Crippen LogP contribution in [-0.4, -0.2) is 17.9 Å². The number of nitrogens with zero attached hydrogens (tertiary/aromatic N) is 1. The topological polar surface area (TPSA) is 54.0 Å². The molecular formula is C13H11BrFN3O. The predicted molar refractivity (Wildman–Crippen MR) is 75.8 cm³/mol. The van der Waals surface area contributed by atoms with Crippen molar-refractivity contribution in [2.24, 2.45) is 0 Å². The van der Waals surface area contributed by atoms with Crippen molar-refractivity contribution in [3.8, 4) is 0 Å². The van der Waals surface area contributed by atoms with E-state index in [0.29, 0.717) is 10.2 Å². The number of rotatable bonds is 3. The average Bonchev–Trinajstić information content (AvgIpc) is 2.42. The number of halogens is 2. The Balaban J connectivity index is 2.15. The summed E-state index contributed by atoms with van der Waals surface area (Å²) >= 11 is 3.19. The van der Waals surface area contributed by atoms with Gasteiger partial charge in [0.15, 0.2) is 0 Å². The maximum Gasteiger partial charge on any atom is 0.274 e. The smallest absolute Gasteiger partial charge is 0.274 e. The van der Waals surface area contributed by atoms with Gasteiger partial charge in [-0.3, -0.25) is 4.79 Å². The highest BCUT2D eigenvalue weighted by Crippen LogP contribution is 2.23. The number of nitrogens with one attached hydrogen (secondary N) is 2. The second kappa shape index (κ2) is 5.79. The molecule has 2 rings (SSSR count). The van der Waals surface area contributed by atoms with Crippen molar-refractivity contribution in [2.45, 2.75) is 0 Å². The number of pyridine rings is 1. The molecule has 0 aliphatic carbocycles. The van der Waals surface area contributed by atoms with Crippen LogP contribution >= 0.6 is 15.9 Å². The first kappa shape index (κ1) is 13.5. The zero-order valence-corrected chi connectivity index (χ0v) is 11.7. The van der Waals surface area contributed by atoms with E-state index in [2.05, 4.69) is 31.5 Å². The van der Waals surface area contributed by atoms with E-state index in [4.69, 9.17) is 0 Å². The van der Waals surface area contributed by atoms with Gasteiger partial charge in [0.05, 0.1) is 17.6 Å². The number of benzene rings is 1. The number of amides is 1. The van der Waals surface area contributed by atoms with Crippen molar-refractivity contribution in [2.75, 3.05) is 17.7 Å². The van der Waals surface area contributed by atoms with Crippen LogP contribution in [-0.2, 0) is 0 Å². The molecular weight excluding hydrogens is 313 g/mol. The molecule has 1 aromatic carbocycles. The molecule has 0 aliphatic heterocycles. The summed E-state index contributed by atoms with van der Waals surface area (Å²) in [7, 11) is 1.77. The first-order valence-electron chi connectivity index (χ1n) is 5.50. The standard InChI is InChI=1S/C13H11BrFN3O/c1-16-9-3-5-12(17-7-9)13(19)18-11-4-2-8(15)6-10(11)14/h2-7,16H,1H3,(H,18,19). The molecule has 1 amide bonds. The number of anilines is 2. The van der Waals surface area contributed by atoms with E-state index in [1.165, 1.54) is 18.2 Å². The van der Waals surface area contributed by atoms with Crippen LogP contribution in [0.1, 0.15) is 10.5 Å². The lowest BCUT2D eigenvalue weighted by molar-refractivity contribution is 0.102. The van der Waals surface area contributed by atoms with Crippen LogP contribution in [0.2, 0.25) is 0 Å². The largest absolute Gasteiger partial charge is 0.387 e. The molecule has 0 saturated carbocycles. The molecule has 4 nitrogen and oxygen atoms in total. The summed E-state index contributed by atoms with van der Waals surface area (Å²) in [6.07, 6.45) is 1.56. The third-order valence-corrected chi connectivity index (χ3v) is 3.12. The molecule has 0 bridgehead atoms. The van der Waals surface area contributed by atoms with Crippen molar-refractivity contribution >= 4 is 33.2 Å². The monoisotopic (exact) mass is 323 g/mol. The van der Waals surface area contributed by atoms with E-state index in [-0.39, 0.29) is 17.4 Å². The number of aromatic nitrogens is 1. The van der Waals surface area contributed by atoms with E-state index in [9.17, 15) is 9.18 Å². The number of carbonyl (C=O) groups is 1. The summed E-state index contributed by atoms with van der Waals surface area (Å²) in [5.41, 5.74) is 1.60. The lowest BCUT2D eigenvalue weighted by atomic mass is 10.2. The highest BCUT2D eigenvalue weighted by Gasteiger charge is 2.10. The highest BCUT2D eigenvalue weighted by atomic mass is 79.9. The van der Waals surface area contributed by atoms with Crippen LogP contribution in [0, 0.1) is 5.82 Å². The number of carbonyl (C=O) groups excluding carboxylic acids is 1. The van der Waals surface area contributed by atoms with Gasteiger partial charge >= 0.3 is 0 Å². The van der Waals surface area contributed by atoms with Crippen LogP contribution in [0.25, 0.3) is 0 Å². The van der Waals surface area contributed by atoms with Crippen LogP contribution in [0.3, 0.4) is 0 Å². The van der Waals surface area contributed by atoms with Crippen molar-refractivity contribution in [1.29, 1.82) is 0 Å². The third-order valence-electron chi connectivity index (χ3n) is 2.46. The SMILES string of the molecule is CNc1ccc(C(=O)Nc2ccc(F)cc2Br)nc1. The Morgan fingerprint density at radius 1 is 1.32 bits per heavy atom. The Labute approximate surface area is 118 Å². The first-order valence-corrected chi connectivity index (χ1v) is 6.29. The van der Waals surface area contributed by atoms with Crippen LogP contribution in [0.5, 0.6) is 0 Å². The van der Waals surface area contributed by atoms with Gasteiger partial charge in [-0.15, -0.1) is 0 Å². The van der Waals surface area contributed by atoms with Gasteiger partial charge in [-0.2, -0.15) is 0 Å². The van der Waals surface area contributed by atoms with Crippen LogP contribution < -0.4 is 10.6 Å². The van der Waals surface area contributed by atoms with Gasteiger partial charge in [-0.05, 0) is 46.3 Å². The van der Waals surface area contributed by atoms with Crippen molar-refractivity contribution < 1.29 is 9.18 Å². The summed E-state index contributed by atoms with van der Waals surface area (Å²) in [6, 6.07) is 7.41. The van der Waals surface area contributed by atoms with E-state index >= 15 is 0 Å². The highest BCUT2D eigenvalue weighted by molar-refractivity contribution is 9.10. The molecule has 98 valence electrons. The number of hydrogen-bond donors (Lipinski definition) is 2. The minimum Gasteiger partial charge on any atom is -0.387 e. The van der Waals surface area contributed by atoms with Crippen molar-refractivity contribution in [3.63, 3.8) is 0 Å². The van der Waals surface area contributed by atoms with Gasteiger partial charge in [-0.25, -0.2) is 9.37 Å². The summed E-state index contributed by atoms with van der Waals surface area (Å²) in [4.78, 5) is 16.0. The molecule has 0 aliphatic rings. The fourth-order valence-electron chi connectivity index (χ4n) is 1.45. The molecule has 1 aromatic heterocycles. The minimum absolute atomic E-state index is 0.287. The van der Waals surface area contributed by atoms with E-state index in [0.717, 1.165) is 5.69 Å². The molecule has 19 heavy (non-hydrogen) atoms. The van der Waals surface area contributed by atoms with Crippen molar-refractivity contribution in [1.82, 2.24) is 4.98 Å². The summed E-state index contributed by atoms with van der Waals surface area (Å²) < 4.78 is 13.4. The zero-order valence-electron chi connectivity index (χ0n) is 10.1. The van der Waals surface area contributed by atoms with Gasteiger partial charge < -0.3 is 10.6 Å². The lowest BCUT2D eigenvalue weighted by Crippen LogP contribution is -2.14. The molecule has 6 heteroatoms. The molecule has 2 aromatic rings. The maximum absolute atomic E-state index is 12.9. The Kier molecular flexibility index (Phi) is 4.11. The molecule has 1 heterocycles. The van der Waals surface area contributed by atoms with E-state index < -0.39 is 0 Å². The van der Waals surface area contributed by atoms with Gasteiger partial charge in [0.25, 0.3) is 5.91 Å². The second-order valence-corrected chi connectivity index (χ2v) is 4.61. The van der Waals surface area contributed by atoms with Crippen LogP contribution in [0.15, 0.2) is 41.0 Å². The summed E-state index contributed by atoms with van der Waals surface area (Å²) in [5, 5.41) is 5.57. The van der Waals surface area contributed by atoms with Crippen molar-refractivity contribution in [3.05, 3.63) is 52.5 Å². The second-order valence-electron chi connectivity index (χ2n) is 3.76. The van der Waals surface area contributed by atoms with Gasteiger partial charge in [0.2, 0.25) is 0 Å². The fraction of sp³-hybridized carbons (Fsp3) is 0.0769. The minimum atomic E-state index is -0.374. The molecule has 0 atom stereocenters. The van der Waals surface area contributed by atoms with E-state index in [1.54, 1.807) is 25.4 Å². The molecule has 2 N–H and O–H groups in total. The van der Waals surface area contributed by atoms with Gasteiger partial charge in [0.1, 0.15) is 11.5 Å². The molecule has 0 unspecified atom stereocenters. The number of hydrogen-bond acceptors (Lipinski definition) is 3. The van der Waals surface area contributed by atoms with Gasteiger partial charge in [0, 0.05) is 11.5 Å². The predicted octanol–water partition coefficient (Wildman–Crippen LogP) is 3.28. The molecule has 0 radical (unpaired) electrons. The fourth-order valence-corrected chi connectivity index (χ4v) is 1.90. The zero-order chi connectivity index (χ0) is 13.8. The Morgan fingerprint density at radius 2 is 2.11 bits per heavy atom. The molecule has 0 saturated heterocycles. The molecule has 0 fully saturated rings. The normalized spacial score (nSPS) is 10.1. The summed E-state index contributed by atoms with van der Waals surface area (Å²) in [6.45, 7) is 0. The summed E-state index contributed by atoms with van der Waals surface area (Å²) in [5.74, 6) is -0.726. The third kappa shape index (κ3) is 3.29. The maximum atomic E-state index is 12.9. The van der Waals surface area contributed by atoms with Gasteiger partial charge in [-0.1, -0.05) is 0 Å². The lowest BCUT2D eigenvalue weighted by Gasteiger charge is -2.07. The Morgan fingerprint density at radius 3 is 2.68 bits per heavy atom. The quantitative estimate of drug-likeness (QED) is 0.911. The average molecular weight is 324 g/mol. The van der Waals surface area contributed by atoms with Crippen LogP contribution in [0.4, 0.5) is 15.8 Å². The van der Waals surface area contributed by atoms with E-state index in [1.807, 2.05) is 0 Å². The molecule has 0 spiro atoms. The first-order chi connectivity index (χ1) is 9.10. The Bertz CT molecular complexity index is 601. The Hall–Kier alpha value is -1.95.